The van der Waals surface area contributed by atoms with Crippen molar-refractivity contribution in [2.45, 2.75) is 84.1 Å². The van der Waals surface area contributed by atoms with Crippen molar-refractivity contribution in [3.05, 3.63) is 10.6 Å². The van der Waals surface area contributed by atoms with Gasteiger partial charge in [-0.15, -0.1) is 5.10 Å². The molecular weight excluding hydrogens is 254 g/mol. The number of aromatic nitrogens is 2. The molecule has 1 heterocycles. The Bertz CT molecular complexity index is 355. The molecule has 1 rings (SSSR count). The molecule has 0 aliphatic heterocycles. The summed E-state index contributed by atoms with van der Waals surface area (Å²) in [7, 11) is 0. The van der Waals surface area contributed by atoms with Crippen molar-refractivity contribution in [2.24, 2.45) is 5.73 Å². The molecule has 1 atom stereocenters. The molecule has 0 fully saturated rings. The van der Waals surface area contributed by atoms with Crippen LogP contribution in [0.4, 0.5) is 0 Å². The van der Waals surface area contributed by atoms with Gasteiger partial charge in [0.15, 0.2) is 0 Å². The van der Waals surface area contributed by atoms with Crippen molar-refractivity contribution < 1.29 is 0 Å². The van der Waals surface area contributed by atoms with E-state index in [-0.39, 0.29) is 11.5 Å². The standard InChI is InChI=1S/C15H29N3S/c1-5-6-7-8-9-10-11-12(16)13-14(15(2,3)4)17-18-19-13/h12H,5-11,16H2,1-4H3. The fraction of sp³-hybridized carbons (Fsp3) is 0.867. The van der Waals surface area contributed by atoms with Gasteiger partial charge in [0.05, 0.1) is 10.6 Å². The smallest absolute Gasteiger partial charge is 0.0856 e. The first kappa shape index (κ1) is 16.6. The Morgan fingerprint density at radius 1 is 1.11 bits per heavy atom. The second-order valence-electron chi connectivity index (χ2n) is 6.40. The lowest BCUT2D eigenvalue weighted by molar-refractivity contribution is 0.524. The number of nitrogens with two attached hydrogens (primary N) is 1. The molecule has 3 nitrogen and oxygen atoms in total. The lowest BCUT2D eigenvalue weighted by Gasteiger charge is -2.19. The lowest BCUT2D eigenvalue weighted by atomic mass is 9.89. The maximum atomic E-state index is 6.31. The molecule has 1 unspecified atom stereocenters. The van der Waals surface area contributed by atoms with Gasteiger partial charge in [0.2, 0.25) is 0 Å². The summed E-state index contributed by atoms with van der Waals surface area (Å²) in [6.45, 7) is 8.76. The Morgan fingerprint density at radius 2 is 1.74 bits per heavy atom. The van der Waals surface area contributed by atoms with Crippen LogP contribution in [0.5, 0.6) is 0 Å². The number of nitrogens with zero attached hydrogens (tertiary/aromatic N) is 2. The van der Waals surface area contributed by atoms with Gasteiger partial charge in [0, 0.05) is 11.5 Å². The Kier molecular flexibility index (Phi) is 6.94. The molecule has 0 aliphatic carbocycles. The normalized spacial score (nSPS) is 13.7. The lowest BCUT2D eigenvalue weighted by Crippen LogP contribution is -2.19. The van der Waals surface area contributed by atoms with Crippen LogP contribution < -0.4 is 5.73 Å². The molecule has 1 aromatic rings. The van der Waals surface area contributed by atoms with E-state index in [0.29, 0.717) is 0 Å². The number of hydrogen-bond acceptors (Lipinski definition) is 4. The van der Waals surface area contributed by atoms with Gasteiger partial charge in [-0.3, -0.25) is 0 Å². The maximum absolute atomic E-state index is 6.31. The van der Waals surface area contributed by atoms with Crippen LogP contribution in [0.15, 0.2) is 0 Å². The fourth-order valence-corrected chi connectivity index (χ4v) is 3.13. The highest BCUT2D eigenvalue weighted by molar-refractivity contribution is 7.05. The van der Waals surface area contributed by atoms with Gasteiger partial charge < -0.3 is 5.73 Å². The van der Waals surface area contributed by atoms with Crippen molar-refractivity contribution in [2.75, 3.05) is 0 Å². The van der Waals surface area contributed by atoms with E-state index in [1.165, 1.54) is 54.9 Å². The molecule has 0 saturated carbocycles. The molecule has 0 spiro atoms. The monoisotopic (exact) mass is 283 g/mol. The molecule has 110 valence electrons. The first-order chi connectivity index (χ1) is 8.96. The minimum Gasteiger partial charge on any atom is -0.323 e. The van der Waals surface area contributed by atoms with Crippen molar-refractivity contribution in [3.63, 3.8) is 0 Å². The van der Waals surface area contributed by atoms with E-state index in [0.717, 1.165) is 12.1 Å². The third-order valence-corrected chi connectivity index (χ3v) is 4.29. The average molecular weight is 283 g/mol. The van der Waals surface area contributed by atoms with E-state index in [9.17, 15) is 0 Å². The van der Waals surface area contributed by atoms with Gasteiger partial charge in [0.1, 0.15) is 0 Å². The van der Waals surface area contributed by atoms with Gasteiger partial charge in [-0.05, 0) is 18.0 Å². The second-order valence-corrected chi connectivity index (χ2v) is 7.18. The zero-order valence-corrected chi connectivity index (χ0v) is 13.7. The van der Waals surface area contributed by atoms with Crippen LogP contribution in [-0.2, 0) is 5.41 Å². The van der Waals surface area contributed by atoms with E-state index < -0.39 is 0 Å². The number of unbranched alkanes of at least 4 members (excludes halogenated alkanes) is 5. The van der Waals surface area contributed by atoms with Crippen LogP contribution in [0.1, 0.15) is 89.3 Å². The zero-order valence-electron chi connectivity index (χ0n) is 12.9. The van der Waals surface area contributed by atoms with Gasteiger partial charge >= 0.3 is 0 Å². The zero-order chi connectivity index (χ0) is 14.3. The van der Waals surface area contributed by atoms with Gasteiger partial charge in [-0.2, -0.15) is 0 Å². The molecule has 4 heteroatoms. The van der Waals surface area contributed by atoms with Gasteiger partial charge in [-0.25, -0.2) is 0 Å². The summed E-state index contributed by atoms with van der Waals surface area (Å²) in [4.78, 5) is 1.18. The Hall–Kier alpha value is -0.480. The summed E-state index contributed by atoms with van der Waals surface area (Å²) in [5.41, 5.74) is 7.43. The SMILES string of the molecule is CCCCCCCCC(N)c1snnc1C(C)(C)C. The summed E-state index contributed by atoms with van der Waals surface area (Å²) in [6, 6.07) is 0.111. The molecule has 0 amide bonds. The van der Waals surface area contributed by atoms with E-state index in [4.69, 9.17) is 5.73 Å². The summed E-state index contributed by atoms with van der Waals surface area (Å²) in [5, 5.41) is 4.27. The summed E-state index contributed by atoms with van der Waals surface area (Å²) in [6.07, 6.45) is 8.94. The van der Waals surface area contributed by atoms with E-state index in [1.54, 1.807) is 0 Å². The fourth-order valence-electron chi connectivity index (χ4n) is 2.24. The molecular formula is C15H29N3S. The Morgan fingerprint density at radius 3 is 2.37 bits per heavy atom. The molecule has 19 heavy (non-hydrogen) atoms. The van der Waals surface area contributed by atoms with Gasteiger partial charge in [0.25, 0.3) is 0 Å². The molecule has 0 aliphatic rings. The van der Waals surface area contributed by atoms with Gasteiger partial charge in [-0.1, -0.05) is 70.7 Å². The average Bonchev–Trinajstić information content (AvgIpc) is 2.82. The minimum atomic E-state index is 0.0427. The third-order valence-electron chi connectivity index (χ3n) is 3.43. The molecule has 2 N–H and O–H groups in total. The molecule has 0 saturated heterocycles. The quantitative estimate of drug-likeness (QED) is 0.710. The van der Waals surface area contributed by atoms with E-state index in [2.05, 4.69) is 37.3 Å². The predicted octanol–water partition coefficient (Wildman–Crippen LogP) is 4.59. The highest BCUT2D eigenvalue weighted by Crippen LogP contribution is 2.31. The van der Waals surface area contributed by atoms with Crippen molar-refractivity contribution in [3.8, 4) is 0 Å². The van der Waals surface area contributed by atoms with Crippen LogP contribution in [0.2, 0.25) is 0 Å². The largest absolute Gasteiger partial charge is 0.323 e. The minimum absolute atomic E-state index is 0.0427. The summed E-state index contributed by atoms with van der Waals surface area (Å²) < 4.78 is 4.09. The van der Waals surface area contributed by atoms with Crippen molar-refractivity contribution in [1.29, 1.82) is 0 Å². The molecule has 1 aromatic heterocycles. The third kappa shape index (κ3) is 5.57. The highest BCUT2D eigenvalue weighted by atomic mass is 32.1. The Labute approximate surface area is 122 Å². The Balaban J connectivity index is 2.38. The van der Waals surface area contributed by atoms with Crippen LogP contribution in [0, 0.1) is 0 Å². The van der Waals surface area contributed by atoms with Crippen LogP contribution >= 0.6 is 11.5 Å². The first-order valence-corrected chi connectivity index (χ1v) is 8.32. The highest BCUT2D eigenvalue weighted by Gasteiger charge is 2.25. The van der Waals surface area contributed by atoms with Crippen LogP contribution in [-0.4, -0.2) is 9.59 Å². The molecule has 0 aromatic carbocycles. The van der Waals surface area contributed by atoms with Crippen LogP contribution in [0.25, 0.3) is 0 Å². The maximum Gasteiger partial charge on any atom is 0.0856 e. The van der Waals surface area contributed by atoms with E-state index in [1.807, 2.05) is 0 Å². The van der Waals surface area contributed by atoms with Crippen molar-refractivity contribution in [1.82, 2.24) is 9.59 Å². The second kappa shape index (κ2) is 7.95. The number of rotatable bonds is 8. The molecule has 0 bridgehead atoms. The number of hydrogen-bond donors (Lipinski definition) is 1. The summed E-state index contributed by atoms with van der Waals surface area (Å²) in [5.74, 6) is 0. The van der Waals surface area contributed by atoms with Crippen molar-refractivity contribution >= 4 is 11.5 Å². The van der Waals surface area contributed by atoms with E-state index >= 15 is 0 Å². The predicted molar refractivity (Wildman–Crippen MR) is 83.5 cm³/mol. The topological polar surface area (TPSA) is 51.8 Å². The molecule has 0 radical (unpaired) electrons. The first-order valence-electron chi connectivity index (χ1n) is 7.55. The summed E-state index contributed by atoms with van der Waals surface area (Å²) >= 11 is 1.47. The van der Waals surface area contributed by atoms with Crippen LogP contribution in [0.3, 0.4) is 0 Å².